The zero-order valence-corrected chi connectivity index (χ0v) is 7.39. The lowest BCUT2D eigenvalue weighted by Crippen LogP contribution is -1.87. The Morgan fingerprint density at radius 1 is 1.75 bits per heavy atom. The van der Waals surface area contributed by atoms with E-state index in [2.05, 4.69) is 15.1 Å². The molecule has 12 heavy (non-hydrogen) atoms. The summed E-state index contributed by atoms with van der Waals surface area (Å²) < 4.78 is 1.72. The van der Waals surface area contributed by atoms with Gasteiger partial charge < -0.3 is 0 Å². The molecule has 0 unspecified atom stereocenters. The highest BCUT2D eigenvalue weighted by molar-refractivity contribution is 5.19. The molecule has 1 aromatic rings. The Hall–Kier alpha value is -1.48. The minimum atomic E-state index is -0.135. The number of hydrogen-bond donors (Lipinski definition) is 0. The summed E-state index contributed by atoms with van der Waals surface area (Å²) in [6.07, 6.45) is 1.87. The fraction of sp³-hybridized carbons (Fsp3) is 0.571. The van der Waals surface area contributed by atoms with Crippen molar-refractivity contribution in [2.24, 2.45) is 12.2 Å². The third-order valence-corrected chi connectivity index (χ3v) is 1.73. The van der Waals surface area contributed by atoms with Crippen molar-refractivity contribution in [3.8, 4) is 0 Å². The van der Waals surface area contributed by atoms with E-state index >= 15 is 0 Å². The molecule has 1 atom stereocenters. The van der Waals surface area contributed by atoms with E-state index < -0.39 is 0 Å². The van der Waals surface area contributed by atoms with E-state index in [1.54, 1.807) is 4.68 Å². The molecule has 0 radical (unpaired) electrons. The molecule has 0 aliphatic heterocycles. The summed E-state index contributed by atoms with van der Waals surface area (Å²) in [5.41, 5.74) is 10.1. The van der Waals surface area contributed by atoms with E-state index in [4.69, 9.17) is 5.53 Å². The second kappa shape index (κ2) is 3.28. The Morgan fingerprint density at radius 2 is 2.42 bits per heavy atom. The minimum absolute atomic E-state index is 0.135. The third kappa shape index (κ3) is 1.57. The summed E-state index contributed by atoms with van der Waals surface area (Å²) >= 11 is 0. The first-order valence-corrected chi connectivity index (χ1v) is 3.69. The molecular formula is C7H11N5. The molecule has 0 saturated carbocycles. The van der Waals surface area contributed by atoms with Crippen molar-refractivity contribution in [3.63, 3.8) is 0 Å². The monoisotopic (exact) mass is 165 g/mol. The molecule has 0 bridgehead atoms. The molecule has 1 heterocycles. The van der Waals surface area contributed by atoms with Crippen molar-refractivity contribution in [2.75, 3.05) is 0 Å². The van der Waals surface area contributed by atoms with E-state index in [0.29, 0.717) is 0 Å². The molecule has 0 aliphatic carbocycles. The molecule has 64 valence electrons. The molecule has 0 fully saturated rings. The first-order chi connectivity index (χ1) is 5.65. The van der Waals surface area contributed by atoms with Gasteiger partial charge in [-0.05, 0) is 12.5 Å². The number of azide groups is 1. The molecular weight excluding hydrogens is 154 g/mol. The zero-order valence-electron chi connectivity index (χ0n) is 7.39. The van der Waals surface area contributed by atoms with Gasteiger partial charge in [0.2, 0.25) is 0 Å². The summed E-state index contributed by atoms with van der Waals surface area (Å²) in [6, 6.07) is -0.135. The van der Waals surface area contributed by atoms with E-state index in [9.17, 15) is 0 Å². The maximum atomic E-state index is 8.23. The van der Waals surface area contributed by atoms with Crippen LogP contribution in [0.5, 0.6) is 0 Å². The van der Waals surface area contributed by atoms with Crippen LogP contribution < -0.4 is 0 Å². The summed E-state index contributed by atoms with van der Waals surface area (Å²) in [4.78, 5) is 2.75. The molecule has 0 aliphatic rings. The van der Waals surface area contributed by atoms with Gasteiger partial charge in [-0.1, -0.05) is 12.0 Å². The molecule has 5 nitrogen and oxygen atoms in total. The second-order valence-corrected chi connectivity index (χ2v) is 2.72. The highest BCUT2D eigenvalue weighted by Gasteiger charge is 2.08. The van der Waals surface area contributed by atoms with Crippen LogP contribution in [-0.2, 0) is 7.05 Å². The Bertz CT molecular complexity index is 321. The number of aromatic nitrogens is 2. The predicted molar refractivity (Wildman–Crippen MR) is 45.5 cm³/mol. The minimum Gasteiger partial charge on any atom is -0.275 e. The normalized spacial score (nSPS) is 12.2. The molecule has 0 aromatic carbocycles. The van der Waals surface area contributed by atoms with Crippen LogP contribution in [0, 0.1) is 6.92 Å². The Labute approximate surface area is 70.6 Å². The number of hydrogen-bond acceptors (Lipinski definition) is 2. The maximum absolute atomic E-state index is 8.23. The van der Waals surface area contributed by atoms with Gasteiger partial charge >= 0.3 is 0 Å². The van der Waals surface area contributed by atoms with Crippen molar-refractivity contribution >= 4 is 0 Å². The topological polar surface area (TPSA) is 66.6 Å². The molecule has 0 N–H and O–H groups in total. The Kier molecular flexibility index (Phi) is 2.35. The summed E-state index contributed by atoms with van der Waals surface area (Å²) in [7, 11) is 1.85. The number of rotatable bonds is 2. The fourth-order valence-electron chi connectivity index (χ4n) is 1.17. The first kappa shape index (κ1) is 8.62. The van der Waals surface area contributed by atoms with Gasteiger partial charge in [-0.2, -0.15) is 5.10 Å². The SMILES string of the molecule is Cc1nn(C)cc1[C@@H](C)N=[N+]=[N-]. The summed E-state index contributed by atoms with van der Waals surface area (Å²) in [5.74, 6) is 0. The van der Waals surface area contributed by atoms with Crippen LogP contribution >= 0.6 is 0 Å². The van der Waals surface area contributed by atoms with Crippen LogP contribution in [0.4, 0.5) is 0 Å². The average Bonchev–Trinajstić information content (AvgIpc) is 2.30. The van der Waals surface area contributed by atoms with E-state index in [1.807, 2.05) is 27.1 Å². The van der Waals surface area contributed by atoms with Crippen LogP contribution in [-0.4, -0.2) is 9.78 Å². The fourth-order valence-corrected chi connectivity index (χ4v) is 1.17. The number of aryl methyl sites for hydroxylation is 2. The maximum Gasteiger partial charge on any atom is 0.0630 e. The molecule has 1 aromatic heterocycles. The van der Waals surface area contributed by atoms with Crippen molar-refractivity contribution in [3.05, 3.63) is 27.9 Å². The van der Waals surface area contributed by atoms with E-state index in [-0.39, 0.29) is 6.04 Å². The quantitative estimate of drug-likeness (QED) is 0.376. The zero-order chi connectivity index (χ0) is 9.14. The van der Waals surface area contributed by atoms with Crippen molar-refractivity contribution < 1.29 is 0 Å². The molecule has 0 saturated heterocycles. The van der Waals surface area contributed by atoms with Crippen molar-refractivity contribution in [1.29, 1.82) is 0 Å². The number of nitrogens with zero attached hydrogens (tertiary/aromatic N) is 5. The second-order valence-electron chi connectivity index (χ2n) is 2.72. The van der Waals surface area contributed by atoms with Crippen molar-refractivity contribution in [2.45, 2.75) is 19.9 Å². The molecule has 0 amide bonds. The largest absolute Gasteiger partial charge is 0.275 e. The molecule has 0 spiro atoms. The van der Waals surface area contributed by atoms with Crippen LogP contribution in [0.2, 0.25) is 0 Å². The van der Waals surface area contributed by atoms with Gasteiger partial charge in [0.1, 0.15) is 0 Å². The van der Waals surface area contributed by atoms with Crippen LogP contribution in [0.3, 0.4) is 0 Å². The van der Waals surface area contributed by atoms with Crippen LogP contribution in [0.25, 0.3) is 10.4 Å². The predicted octanol–water partition coefficient (Wildman–Crippen LogP) is 2.10. The van der Waals surface area contributed by atoms with Crippen LogP contribution in [0.15, 0.2) is 11.3 Å². The smallest absolute Gasteiger partial charge is 0.0630 e. The van der Waals surface area contributed by atoms with Gasteiger partial charge in [0.25, 0.3) is 0 Å². The lowest BCUT2D eigenvalue weighted by molar-refractivity contribution is 0.755. The summed E-state index contributed by atoms with van der Waals surface area (Å²) in [5, 5.41) is 7.74. The van der Waals surface area contributed by atoms with Gasteiger partial charge in [0.15, 0.2) is 0 Å². The lowest BCUT2D eigenvalue weighted by atomic mass is 10.1. The first-order valence-electron chi connectivity index (χ1n) is 3.69. The summed E-state index contributed by atoms with van der Waals surface area (Å²) in [6.45, 7) is 3.75. The molecule has 5 heteroatoms. The van der Waals surface area contributed by atoms with Gasteiger partial charge in [-0.3, -0.25) is 4.68 Å². The van der Waals surface area contributed by atoms with Gasteiger partial charge in [-0.25, -0.2) is 0 Å². The third-order valence-electron chi connectivity index (χ3n) is 1.73. The Balaban J connectivity index is 3.01. The highest BCUT2D eigenvalue weighted by atomic mass is 15.3. The standard InChI is InChI=1S/C7H11N5/c1-5(9-11-8)7-4-12(3)10-6(7)2/h4-5H,1-3H3/t5-/m1/s1. The van der Waals surface area contributed by atoms with Crippen LogP contribution in [0.1, 0.15) is 24.2 Å². The van der Waals surface area contributed by atoms with Crippen molar-refractivity contribution in [1.82, 2.24) is 9.78 Å². The van der Waals surface area contributed by atoms with E-state index in [0.717, 1.165) is 11.3 Å². The van der Waals surface area contributed by atoms with Gasteiger partial charge in [0.05, 0.1) is 11.7 Å². The van der Waals surface area contributed by atoms with E-state index in [1.165, 1.54) is 0 Å². The average molecular weight is 165 g/mol. The molecule has 1 rings (SSSR count). The van der Waals surface area contributed by atoms with Gasteiger partial charge in [-0.15, -0.1) is 0 Å². The van der Waals surface area contributed by atoms with Gasteiger partial charge in [0, 0.05) is 23.7 Å². The Morgan fingerprint density at radius 3 is 2.83 bits per heavy atom. The lowest BCUT2D eigenvalue weighted by Gasteiger charge is -1.99. The highest BCUT2D eigenvalue weighted by Crippen LogP contribution is 2.18.